The molecule has 0 aromatic heterocycles. The maximum Gasteiger partial charge on any atom is 0.200 e. The van der Waals surface area contributed by atoms with Crippen LogP contribution in [0.2, 0.25) is 0 Å². The fourth-order valence-electron chi connectivity index (χ4n) is 1.16. The number of hydrogen-bond donors (Lipinski definition) is 1. The van der Waals surface area contributed by atoms with Gasteiger partial charge < -0.3 is 5.32 Å². The Hall–Kier alpha value is -1.15. The van der Waals surface area contributed by atoms with Crippen LogP contribution in [0, 0.1) is 0 Å². The van der Waals surface area contributed by atoms with Crippen LogP contribution in [0.5, 0.6) is 0 Å². The Bertz CT molecular complexity index is 233. The third-order valence-electron chi connectivity index (χ3n) is 1.84. The van der Waals surface area contributed by atoms with Crippen molar-refractivity contribution in [3.8, 4) is 0 Å². The van der Waals surface area contributed by atoms with Crippen molar-refractivity contribution in [3.63, 3.8) is 0 Å². The van der Waals surface area contributed by atoms with Crippen molar-refractivity contribution in [2.75, 3.05) is 7.05 Å². The summed E-state index contributed by atoms with van der Waals surface area (Å²) in [6.45, 7) is 0. The van der Waals surface area contributed by atoms with Crippen molar-refractivity contribution in [3.05, 3.63) is 35.9 Å². The predicted octanol–water partition coefficient (Wildman–Crippen LogP) is 1.45. The first-order valence-electron chi connectivity index (χ1n) is 3.95. The minimum Gasteiger partial charge on any atom is -0.313 e. The lowest BCUT2D eigenvalue weighted by Crippen LogP contribution is -2.16. The largest absolute Gasteiger partial charge is 0.313 e. The maximum atomic E-state index is 10.2. The van der Waals surface area contributed by atoms with E-state index >= 15 is 0 Å². The van der Waals surface area contributed by atoms with Gasteiger partial charge in [0.2, 0.25) is 0 Å². The van der Waals surface area contributed by atoms with E-state index in [1.807, 2.05) is 43.7 Å². The molecule has 0 aliphatic rings. The second-order valence-corrected chi connectivity index (χ2v) is 2.60. The summed E-state index contributed by atoms with van der Waals surface area (Å²) in [5.74, 6) is 0. The van der Waals surface area contributed by atoms with Gasteiger partial charge in [0, 0.05) is 12.5 Å². The summed E-state index contributed by atoms with van der Waals surface area (Å²) in [6, 6.07) is 9.98. The fraction of sp³-hybridized carbons (Fsp3) is 0.300. The summed E-state index contributed by atoms with van der Waals surface area (Å²) in [4.78, 5) is 10.2. The molecule has 0 aliphatic heterocycles. The molecule has 2 nitrogen and oxygen atoms in total. The zero-order valence-corrected chi connectivity index (χ0v) is 7.08. The predicted molar refractivity (Wildman–Crippen MR) is 48.6 cm³/mol. The van der Waals surface area contributed by atoms with E-state index in [2.05, 4.69) is 5.32 Å². The first kappa shape index (κ1) is 8.94. The van der Waals surface area contributed by atoms with Gasteiger partial charge in [-0.2, -0.15) is 0 Å². The molecule has 0 heterocycles. The van der Waals surface area contributed by atoms with Crippen molar-refractivity contribution in [2.45, 2.75) is 12.5 Å². The Balaban J connectivity index is 2.72. The maximum absolute atomic E-state index is 10.2. The van der Waals surface area contributed by atoms with Crippen LogP contribution < -0.4 is 5.32 Å². The number of benzene rings is 1. The quantitative estimate of drug-likeness (QED) is 0.726. The van der Waals surface area contributed by atoms with Crippen LogP contribution in [0.3, 0.4) is 0 Å². The molecular weight excluding hydrogens is 150 g/mol. The summed E-state index contributed by atoms with van der Waals surface area (Å²) >= 11 is 0. The lowest BCUT2D eigenvalue weighted by molar-refractivity contribution is 0.528. The second-order valence-electron chi connectivity index (χ2n) is 2.60. The Morgan fingerprint density at radius 1 is 1.42 bits per heavy atom. The lowest BCUT2D eigenvalue weighted by atomic mass is 10.1. The van der Waals surface area contributed by atoms with E-state index in [1.165, 1.54) is 0 Å². The molecule has 1 aromatic carbocycles. The van der Waals surface area contributed by atoms with Crippen LogP contribution in [-0.2, 0) is 4.79 Å². The van der Waals surface area contributed by atoms with Crippen molar-refractivity contribution >= 4 is 6.29 Å². The van der Waals surface area contributed by atoms with Gasteiger partial charge in [0.15, 0.2) is 6.29 Å². The highest BCUT2D eigenvalue weighted by Crippen LogP contribution is 2.13. The molecule has 0 amide bonds. The topological polar surface area (TPSA) is 29.1 Å². The van der Waals surface area contributed by atoms with Crippen molar-refractivity contribution in [1.82, 2.24) is 5.32 Å². The Labute approximate surface area is 72.6 Å². The molecule has 0 saturated heterocycles. The molecule has 63 valence electrons. The lowest BCUT2D eigenvalue weighted by Gasteiger charge is -2.12. The highest BCUT2D eigenvalue weighted by atomic mass is 16.1. The zero-order chi connectivity index (χ0) is 8.81. The zero-order valence-electron chi connectivity index (χ0n) is 7.08. The smallest absolute Gasteiger partial charge is 0.200 e. The Morgan fingerprint density at radius 2 is 2.08 bits per heavy atom. The molecule has 0 fully saturated rings. The van der Waals surface area contributed by atoms with E-state index in [4.69, 9.17) is 0 Å². The van der Waals surface area contributed by atoms with E-state index in [0.29, 0.717) is 6.42 Å². The van der Waals surface area contributed by atoms with Gasteiger partial charge >= 0.3 is 0 Å². The molecule has 1 radical (unpaired) electrons. The van der Waals surface area contributed by atoms with Gasteiger partial charge in [-0.1, -0.05) is 30.3 Å². The van der Waals surface area contributed by atoms with Crippen LogP contribution in [-0.4, -0.2) is 13.3 Å². The third-order valence-corrected chi connectivity index (χ3v) is 1.84. The standard InChI is InChI=1S/C10H12NO/c1-11-10(7-8-12)9-5-3-2-4-6-9/h2-6,10-11H,7H2,1H3. The normalized spacial score (nSPS) is 12.4. The van der Waals surface area contributed by atoms with E-state index in [0.717, 1.165) is 5.56 Å². The number of carbonyl (C=O) groups excluding carboxylic acids is 1. The molecule has 1 aromatic rings. The summed E-state index contributed by atoms with van der Waals surface area (Å²) in [6.07, 6.45) is 2.31. The van der Waals surface area contributed by atoms with Crippen LogP contribution in [0.4, 0.5) is 0 Å². The molecule has 1 rings (SSSR count). The van der Waals surface area contributed by atoms with Crippen LogP contribution in [0.25, 0.3) is 0 Å². The SMILES string of the molecule is CNC(C[C]=O)c1ccccc1. The molecular formula is C10H12NO. The summed E-state index contributed by atoms with van der Waals surface area (Å²) in [5, 5.41) is 3.06. The van der Waals surface area contributed by atoms with Gasteiger partial charge in [0.25, 0.3) is 0 Å². The van der Waals surface area contributed by atoms with Gasteiger partial charge in [-0.25, -0.2) is 0 Å². The van der Waals surface area contributed by atoms with E-state index in [1.54, 1.807) is 0 Å². The third kappa shape index (κ3) is 2.17. The Morgan fingerprint density at radius 3 is 2.58 bits per heavy atom. The average Bonchev–Trinajstić information content (AvgIpc) is 2.15. The number of rotatable bonds is 4. The van der Waals surface area contributed by atoms with Crippen LogP contribution >= 0.6 is 0 Å². The minimum absolute atomic E-state index is 0.101. The molecule has 12 heavy (non-hydrogen) atoms. The van der Waals surface area contributed by atoms with Crippen molar-refractivity contribution in [1.29, 1.82) is 0 Å². The van der Waals surface area contributed by atoms with Crippen molar-refractivity contribution in [2.24, 2.45) is 0 Å². The first-order chi connectivity index (χ1) is 5.88. The molecule has 0 aliphatic carbocycles. The summed E-state index contributed by atoms with van der Waals surface area (Å²) in [7, 11) is 1.84. The van der Waals surface area contributed by atoms with E-state index in [9.17, 15) is 4.79 Å². The number of hydrogen-bond acceptors (Lipinski definition) is 2. The van der Waals surface area contributed by atoms with E-state index < -0.39 is 0 Å². The van der Waals surface area contributed by atoms with Crippen LogP contribution in [0.1, 0.15) is 18.0 Å². The van der Waals surface area contributed by atoms with Crippen LogP contribution in [0.15, 0.2) is 30.3 Å². The number of nitrogens with one attached hydrogen (secondary N) is 1. The molecule has 0 spiro atoms. The van der Waals surface area contributed by atoms with Gasteiger partial charge in [0.05, 0.1) is 0 Å². The van der Waals surface area contributed by atoms with Gasteiger partial charge in [-0.05, 0) is 12.6 Å². The monoisotopic (exact) mass is 162 g/mol. The highest BCUT2D eigenvalue weighted by molar-refractivity contribution is 5.52. The van der Waals surface area contributed by atoms with Gasteiger partial charge in [-0.15, -0.1) is 0 Å². The molecule has 0 bridgehead atoms. The Kier molecular flexibility index (Phi) is 3.48. The summed E-state index contributed by atoms with van der Waals surface area (Å²) in [5.41, 5.74) is 1.13. The fourth-order valence-corrected chi connectivity index (χ4v) is 1.16. The van der Waals surface area contributed by atoms with Gasteiger partial charge in [0.1, 0.15) is 0 Å². The molecule has 0 saturated carbocycles. The average molecular weight is 162 g/mol. The van der Waals surface area contributed by atoms with E-state index in [-0.39, 0.29) is 6.04 Å². The van der Waals surface area contributed by atoms with Crippen molar-refractivity contribution < 1.29 is 4.79 Å². The van der Waals surface area contributed by atoms with Gasteiger partial charge in [-0.3, -0.25) is 4.79 Å². The molecule has 1 atom stereocenters. The molecule has 2 heteroatoms. The summed E-state index contributed by atoms with van der Waals surface area (Å²) < 4.78 is 0. The molecule has 1 N–H and O–H groups in total. The second kappa shape index (κ2) is 4.67. The highest BCUT2D eigenvalue weighted by Gasteiger charge is 2.06. The first-order valence-corrected chi connectivity index (χ1v) is 3.95. The molecule has 1 unspecified atom stereocenters. The minimum atomic E-state index is 0.101.